The maximum atomic E-state index is 10.8. The lowest BCUT2D eigenvalue weighted by molar-refractivity contribution is 0.0995. The van der Waals surface area contributed by atoms with Crippen molar-refractivity contribution in [3.05, 3.63) is 11.9 Å². The van der Waals surface area contributed by atoms with Crippen molar-refractivity contribution < 1.29 is 9.00 Å². The molecule has 0 aliphatic rings. The smallest absolute Gasteiger partial charge is 0.271 e. The Balaban J connectivity index is 2.76. The van der Waals surface area contributed by atoms with E-state index >= 15 is 0 Å². The van der Waals surface area contributed by atoms with Gasteiger partial charge in [-0.1, -0.05) is 0 Å². The zero-order chi connectivity index (χ0) is 10.7. The highest BCUT2D eigenvalue weighted by Crippen LogP contribution is 2.07. The number of primary amides is 1. The van der Waals surface area contributed by atoms with Crippen LogP contribution < -0.4 is 11.5 Å². The van der Waals surface area contributed by atoms with Gasteiger partial charge in [0.05, 0.1) is 12.2 Å². The van der Waals surface area contributed by atoms with Gasteiger partial charge in [-0.2, -0.15) is 5.10 Å². The van der Waals surface area contributed by atoms with Crippen molar-refractivity contribution in [3.63, 3.8) is 0 Å². The lowest BCUT2D eigenvalue weighted by Gasteiger charge is -1.97. The Morgan fingerprint density at radius 1 is 1.71 bits per heavy atom. The minimum Gasteiger partial charge on any atom is -0.396 e. The molecular weight excluding hydrogens is 204 g/mol. The van der Waals surface area contributed by atoms with E-state index in [1.807, 2.05) is 0 Å². The fourth-order valence-corrected chi connectivity index (χ4v) is 1.41. The minimum atomic E-state index is -0.892. The number of rotatable bonds is 4. The van der Waals surface area contributed by atoms with Crippen molar-refractivity contribution in [1.82, 2.24) is 9.78 Å². The number of nitrogens with zero attached hydrogens (tertiary/aromatic N) is 2. The van der Waals surface area contributed by atoms with Crippen LogP contribution >= 0.6 is 0 Å². The molecule has 1 unspecified atom stereocenters. The van der Waals surface area contributed by atoms with Gasteiger partial charge in [-0.3, -0.25) is 13.7 Å². The van der Waals surface area contributed by atoms with Crippen LogP contribution in [0.25, 0.3) is 0 Å². The van der Waals surface area contributed by atoms with Crippen LogP contribution in [0.5, 0.6) is 0 Å². The molecule has 0 bridgehead atoms. The van der Waals surface area contributed by atoms with Crippen molar-refractivity contribution in [3.8, 4) is 0 Å². The second-order valence-corrected chi connectivity index (χ2v) is 4.39. The molecule has 0 aliphatic carbocycles. The number of aryl methyl sites for hydroxylation is 1. The third kappa shape index (κ3) is 2.56. The van der Waals surface area contributed by atoms with Crippen LogP contribution in [0.3, 0.4) is 0 Å². The molecule has 0 saturated heterocycles. The summed E-state index contributed by atoms with van der Waals surface area (Å²) < 4.78 is 12.3. The van der Waals surface area contributed by atoms with E-state index < -0.39 is 16.7 Å². The Morgan fingerprint density at radius 3 is 2.79 bits per heavy atom. The Kier molecular flexibility index (Phi) is 3.23. The summed E-state index contributed by atoms with van der Waals surface area (Å²) in [5, 5.41) is 3.86. The van der Waals surface area contributed by atoms with Gasteiger partial charge in [0, 0.05) is 29.0 Å². The molecule has 1 rings (SSSR count). The Morgan fingerprint density at radius 2 is 2.36 bits per heavy atom. The minimum absolute atomic E-state index is 0.0619. The van der Waals surface area contributed by atoms with E-state index in [1.54, 1.807) is 6.26 Å². The first-order valence-corrected chi connectivity index (χ1v) is 5.66. The lowest BCUT2D eigenvalue weighted by Crippen LogP contribution is -2.14. The topological polar surface area (TPSA) is 104 Å². The number of amides is 1. The standard InChI is InChI=1S/C7H12N4O2S/c1-14(13)3-2-11-4-5(8)6(10-11)7(9)12/h4H,2-3,8H2,1H3,(H2,9,12). The van der Waals surface area contributed by atoms with Gasteiger partial charge in [-0.25, -0.2) is 0 Å². The van der Waals surface area contributed by atoms with E-state index in [-0.39, 0.29) is 11.4 Å². The molecule has 1 aromatic heterocycles. The van der Waals surface area contributed by atoms with Crippen molar-refractivity contribution in [2.75, 3.05) is 17.7 Å². The van der Waals surface area contributed by atoms with Crippen LogP contribution in [0, 0.1) is 0 Å². The van der Waals surface area contributed by atoms with Gasteiger partial charge < -0.3 is 11.5 Å². The second kappa shape index (κ2) is 4.23. The molecule has 0 aliphatic heterocycles. The molecule has 1 aromatic rings. The summed E-state index contributed by atoms with van der Waals surface area (Å²) in [6.45, 7) is 0.459. The molecule has 1 amide bonds. The predicted octanol–water partition coefficient (Wildman–Crippen LogP) is -1.06. The molecule has 0 fully saturated rings. The summed E-state index contributed by atoms with van der Waals surface area (Å²) in [7, 11) is -0.892. The largest absolute Gasteiger partial charge is 0.396 e. The van der Waals surface area contributed by atoms with Gasteiger partial charge in [-0.15, -0.1) is 0 Å². The number of hydrogen-bond donors (Lipinski definition) is 2. The lowest BCUT2D eigenvalue weighted by atomic mass is 10.4. The fraction of sp³-hybridized carbons (Fsp3) is 0.429. The number of carbonyl (C=O) groups excluding carboxylic acids is 1. The maximum absolute atomic E-state index is 10.8. The molecule has 0 spiro atoms. The van der Waals surface area contributed by atoms with Gasteiger partial charge in [0.2, 0.25) is 0 Å². The van der Waals surface area contributed by atoms with Crippen LogP contribution in [0.1, 0.15) is 10.5 Å². The molecule has 78 valence electrons. The fourth-order valence-electron chi connectivity index (χ4n) is 0.965. The van der Waals surface area contributed by atoms with Gasteiger partial charge in [0.15, 0.2) is 5.69 Å². The number of anilines is 1. The van der Waals surface area contributed by atoms with Crippen LogP contribution in [-0.4, -0.2) is 31.9 Å². The number of aromatic nitrogens is 2. The molecule has 4 N–H and O–H groups in total. The number of hydrogen-bond acceptors (Lipinski definition) is 4. The van der Waals surface area contributed by atoms with Crippen molar-refractivity contribution in [1.29, 1.82) is 0 Å². The molecule has 1 heterocycles. The van der Waals surface area contributed by atoms with Crippen LogP contribution in [0.2, 0.25) is 0 Å². The summed E-state index contributed by atoms with van der Waals surface area (Å²) in [6, 6.07) is 0. The van der Waals surface area contributed by atoms with Crippen LogP contribution in [0.4, 0.5) is 5.69 Å². The Bertz CT molecular complexity index is 374. The number of nitrogens with two attached hydrogens (primary N) is 2. The monoisotopic (exact) mass is 216 g/mol. The van der Waals surface area contributed by atoms with E-state index in [4.69, 9.17) is 11.5 Å². The molecule has 0 radical (unpaired) electrons. The zero-order valence-electron chi connectivity index (χ0n) is 7.77. The molecule has 6 nitrogen and oxygen atoms in total. The average Bonchev–Trinajstić information content (AvgIpc) is 2.43. The zero-order valence-corrected chi connectivity index (χ0v) is 8.58. The summed E-state index contributed by atoms with van der Waals surface area (Å²) in [6.07, 6.45) is 3.11. The number of carbonyl (C=O) groups is 1. The molecule has 1 atom stereocenters. The van der Waals surface area contributed by atoms with Gasteiger partial charge in [-0.05, 0) is 0 Å². The third-order valence-electron chi connectivity index (χ3n) is 1.63. The SMILES string of the molecule is CS(=O)CCn1cc(N)c(C(N)=O)n1. The normalized spacial score (nSPS) is 12.6. The first kappa shape index (κ1) is 10.7. The number of nitrogen functional groups attached to an aromatic ring is 1. The summed E-state index contributed by atoms with van der Waals surface area (Å²) >= 11 is 0. The summed E-state index contributed by atoms with van der Waals surface area (Å²) in [5.74, 6) is -0.182. The predicted molar refractivity (Wildman–Crippen MR) is 54.1 cm³/mol. The first-order valence-electron chi connectivity index (χ1n) is 3.93. The highest BCUT2D eigenvalue weighted by Gasteiger charge is 2.10. The second-order valence-electron chi connectivity index (χ2n) is 2.84. The highest BCUT2D eigenvalue weighted by atomic mass is 32.2. The van der Waals surface area contributed by atoms with Crippen LogP contribution in [-0.2, 0) is 17.3 Å². The molecule has 0 saturated carbocycles. The first-order chi connectivity index (χ1) is 6.50. The van der Waals surface area contributed by atoms with Gasteiger partial charge >= 0.3 is 0 Å². The molecule has 0 aromatic carbocycles. The average molecular weight is 216 g/mol. The molecular formula is C7H12N4O2S. The van der Waals surface area contributed by atoms with E-state index in [0.29, 0.717) is 12.3 Å². The van der Waals surface area contributed by atoms with E-state index in [9.17, 15) is 9.00 Å². The molecule has 7 heteroatoms. The van der Waals surface area contributed by atoms with E-state index in [1.165, 1.54) is 10.9 Å². The van der Waals surface area contributed by atoms with Crippen LogP contribution in [0.15, 0.2) is 6.20 Å². The highest BCUT2D eigenvalue weighted by molar-refractivity contribution is 7.84. The quantitative estimate of drug-likeness (QED) is 0.669. The van der Waals surface area contributed by atoms with Crippen molar-refractivity contribution >= 4 is 22.4 Å². The van der Waals surface area contributed by atoms with E-state index in [0.717, 1.165) is 0 Å². The molecule has 14 heavy (non-hydrogen) atoms. The van der Waals surface area contributed by atoms with E-state index in [2.05, 4.69) is 5.10 Å². The Labute approximate surface area is 83.7 Å². The van der Waals surface area contributed by atoms with Gasteiger partial charge in [0.1, 0.15) is 0 Å². The maximum Gasteiger partial charge on any atom is 0.271 e. The Hall–Kier alpha value is -1.37. The van der Waals surface area contributed by atoms with Gasteiger partial charge in [0.25, 0.3) is 5.91 Å². The summed E-state index contributed by atoms with van der Waals surface area (Å²) in [4.78, 5) is 10.8. The third-order valence-corrected chi connectivity index (χ3v) is 2.39. The van der Waals surface area contributed by atoms with Crippen molar-refractivity contribution in [2.45, 2.75) is 6.54 Å². The van der Waals surface area contributed by atoms with Crippen molar-refractivity contribution in [2.24, 2.45) is 5.73 Å². The summed E-state index contributed by atoms with van der Waals surface area (Å²) in [5.41, 5.74) is 10.8.